The third kappa shape index (κ3) is 2.78. The Morgan fingerprint density at radius 3 is 2.46 bits per heavy atom. The van der Waals surface area contributed by atoms with E-state index in [0.717, 1.165) is 5.75 Å². The minimum Gasteiger partial charge on any atom is -0.316 e. The lowest BCUT2D eigenvalue weighted by Gasteiger charge is -2.06. The molecule has 0 fully saturated rings. The molecule has 1 aromatic rings. The molecular formula is C11H13NS. The van der Waals surface area contributed by atoms with Crippen LogP contribution in [0, 0.1) is 20.4 Å². The van der Waals surface area contributed by atoms with Crippen LogP contribution in [-0.2, 0) is 0 Å². The molecule has 0 radical (unpaired) electrons. The molecule has 0 bridgehead atoms. The van der Waals surface area contributed by atoms with E-state index >= 15 is 0 Å². The SMILES string of the molecule is [C-]#[N+]CCSc1c(C)cccc1C. The highest BCUT2D eigenvalue weighted by Crippen LogP contribution is 2.25. The van der Waals surface area contributed by atoms with Crippen LogP contribution in [-0.4, -0.2) is 12.3 Å². The van der Waals surface area contributed by atoms with Crippen molar-refractivity contribution in [2.45, 2.75) is 18.7 Å². The summed E-state index contributed by atoms with van der Waals surface area (Å²) in [4.78, 5) is 4.68. The molecule has 0 N–H and O–H groups in total. The molecule has 0 atom stereocenters. The minimum absolute atomic E-state index is 0.610. The molecule has 0 spiro atoms. The summed E-state index contributed by atoms with van der Waals surface area (Å²) in [6, 6.07) is 6.31. The van der Waals surface area contributed by atoms with Crippen LogP contribution in [0.5, 0.6) is 0 Å². The summed E-state index contributed by atoms with van der Waals surface area (Å²) < 4.78 is 0. The van der Waals surface area contributed by atoms with Gasteiger partial charge < -0.3 is 4.85 Å². The number of benzene rings is 1. The summed E-state index contributed by atoms with van der Waals surface area (Å²) in [5.74, 6) is 0.898. The number of hydrogen-bond donors (Lipinski definition) is 0. The van der Waals surface area contributed by atoms with Crippen LogP contribution in [0.4, 0.5) is 0 Å². The van der Waals surface area contributed by atoms with Gasteiger partial charge >= 0.3 is 0 Å². The van der Waals surface area contributed by atoms with E-state index < -0.39 is 0 Å². The zero-order chi connectivity index (χ0) is 9.68. The van der Waals surface area contributed by atoms with E-state index in [4.69, 9.17) is 6.57 Å². The van der Waals surface area contributed by atoms with E-state index in [-0.39, 0.29) is 0 Å². The molecule has 13 heavy (non-hydrogen) atoms. The second kappa shape index (κ2) is 4.94. The van der Waals surface area contributed by atoms with Crippen molar-refractivity contribution < 1.29 is 0 Å². The first-order chi connectivity index (χ1) is 6.25. The number of thioether (sulfide) groups is 1. The van der Waals surface area contributed by atoms with Gasteiger partial charge in [-0.15, -0.1) is 11.8 Å². The van der Waals surface area contributed by atoms with Crippen LogP contribution in [0.3, 0.4) is 0 Å². The monoisotopic (exact) mass is 191 g/mol. The Labute approximate surface area is 84.0 Å². The number of aryl methyl sites for hydroxylation is 2. The lowest BCUT2D eigenvalue weighted by Crippen LogP contribution is -1.88. The molecule has 1 nitrogen and oxygen atoms in total. The fraction of sp³-hybridized carbons (Fsp3) is 0.364. The second-order valence-corrected chi connectivity index (χ2v) is 4.06. The first kappa shape index (κ1) is 10.1. The zero-order valence-corrected chi connectivity index (χ0v) is 8.82. The molecule has 0 aliphatic rings. The van der Waals surface area contributed by atoms with Crippen LogP contribution < -0.4 is 0 Å². The van der Waals surface area contributed by atoms with Gasteiger partial charge in [0.25, 0.3) is 0 Å². The van der Waals surface area contributed by atoms with Gasteiger partial charge in [0.05, 0.1) is 5.75 Å². The van der Waals surface area contributed by atoms with Crippen molar-refractivity contribution in [3.05, 3.63) is 40.7 Å². The Morgan fingerprint density at radius 1 is 1.31 bits per heavy atom. The Balaban J connectivity index is 2.71. The topological polar surface area (TPSA) is 4.36 Å². The third-order valence-electron chi connectivity index (χ3n) is 1.86. The van der Waals surface area contributed by atoms with Crippen molar-refractivity contribution >= 4 is 11.8 Å². The molecule has 0 aliphatic carbocycles. The van der Waals surface area contributed by atoms with Crippen LogP contribution in [0.15, 0.2) is 23.1 Å². The number of hydrogen-bond acceptors (Lipinski definition) is 1. The Morgan fingerprint density at radius 2 is 1.92 bits per heavy atom. The highest BCUT2D eigenvalue weighted by Gasteiger charge is 2.02. The first-order valence-corrected chi connectivity index (χ1v) is 5.26. The Kier molecular flexibility index (Phi) is 3.85. The smallest absolute Gasteiger partial charge is 0.223 e. The molecule has 68 valence electrons. The predicted molar refractivity (Wildman–Crippen MR) is 58.1 cm³/mol. The van der Waals surface area contributed by atoms with Crippen molar-refractivity contribution in [3.63, 3.8) is 0 Å². The van der Waals surface area contributed by atoms with E-state index in [1.165, 1.54) is 16.0 Å². The van der Waals surface area contributed by atoms with Gasteiger partial charge in [0.15, 0.2) is 0 Å². The zero-order valence-electron chi connectivity index (χ0n) is 8.00. The molecule has 0 aromatic heterocycles. The summed E-state index contributed by atoms with van der Waals surface area (Å²) in [7, 11) is 0. The summed E-state index contributed by atoms with van der Waals surface area (Å²) >= 11 is 1.78. The Bertz CT molecular complexity index is 305. The maximum atomic E-state index is 6.69. The number of nitrogens with zero attached hydrogens (tertiary/aromatic N) is 1. The van der Waals surface area contributed by atoms with Gasteiger partial charge in [-0.25, -0.2) is 6.57 Å². The highest BCUT2D eigenvalue weighted by molar-refractivity contribution is 7.99. The molecular weight excluding hydrogens is 178 g/mol. The van der Waals surface area contributed by atoms with Crippen LogP contribution >= 0.6 is 11.8 Å². The molecule has 2 heteroatoms. The quantitative estimate of drug-likeness (QED) is 0.403. The van der Waals surface area contributed by atoms with Gasteiger partial charge in [0.1, 0.15) is 0 Å². The third-order valence-corrected chi connectivity index (χ3v) is 3.18. The average Bonchev–Trinajstić information content (AvgIpc) is 2.10. The van der Waals surface area contributed by atoms with Gasteiger partial charge in [-0.05, 0) is 25.0 Å². The predicted octanol–water partition coefficient (Wildman–Crippen LogP) is 3.31. The molecule has 1 rings (SSSR count). The lowest BCUT2D eigenvalue weighted by atomic mass is 10.2. The molecule has 0 unspecified atom stereocenters. The van der Waals surface area contributed by atoms with Crippen LogP contribution in [0.1, 0.15) is 11.1 Å². The molecule has 0 amide bonds. The van der Waals surface area contributed by atoms with Gasteiger partial charge in [0, 0.05) is 4.90 Å². The summed E-state index contributed by atoms with van der Waals surface area (Å²) in [5.41, 5.74) is 2.63. The maximum absolute atomic E-state index is 6.69. The Hall–Kier alpha value is -0.940. The minimum atomic E-state index is 0.610. The van der Waals surface area contributed by atoms with Gasteiger partial charge in [-0.2, -0.15) is 0 Å². The van der Waals surface area contributed by atoms with Crippen LogP contribution in [0.25, 0.3) is 4.85 Å². The van der Waals surface area contributed by atoms with E-state index in [2.05, 4.69) is 36.9 Å². The second-order valence-electron chi connectivity index (χ2n) is 2.95. The first-order valence-electron chi connectivity index (χ1n) is 4.28. The van der Waals surface area contributed by atoms with Gasteiger partial charge in [-0.1, -0.05) is 18.2 Å². The normalized spacial score (nSPS) is 9.62. The molecule has 0 saturated carbocycles. The van der Waals surface area contributed by atoms with Crippen molar-refractivity contribution in [3.8, 4) is 0 Å². The van der Waals surface area contributed by atoms with Gasteiger partial charge in [0.2, 0.25) is 6.54 Å². The average molecular weight is 191 g/mol. The van der Waals surface area contributed by atoms with Crippen molar-refractivity contribution in [2.75, 3.05) is 12.3 Å². The van der Waals surface area contributed by atoms with E-state index in [9.17, 15) is 0 Å². The summed E-state index contributed by atoms with van der Waals surface area (Å²) in [5, 5.41) is 0. The van der Waals surface area contributed by atoms with Crippen LogP contribution in [0.2, 0.25) is 0 Å². The molecule has 1 aromatic carbocycles. The number of rotatable bonds is 3. The largest absolute Gasteiger partial charge is 0.316 e. The van der Waals surface area contributed by atoms with Gasteiger partial charge in [-0.3, -0.25) is 0 Å². The maximum Gasteiger partial charge on any atom is 0.223 e. The standard InChI is InChI=1S/C11H13NS/c1-9-5-4-6-10(2)11(9)13-8-7-12-3/h4-6H,7-8H2,1-2H3. The summed E-state index contributed by atoms with van der Waals surface area (Å²) in [6.45, 7) is 11.5. The molecule has 0 heterocycles. The summed E-state index contributed by atoms with van der Waals surface area (Å²) in [6.07, 6.45) is 0. The fourth-order valence-electron chi connectivity index (χ4n) is 1.22. The van der Waals surface area contributed by atoms with Crippen molar-refractivity contribution in [1.29, 1.82) is 0 Å². The van der Waals surface area contributed by atoms with E-state index in [1.807, 2.05) is 0 Å². The highest BCUT2D eigenvalue weighted by atomic mass is 32.2. The molecule has 0 aliphatic heterocycles. The molecule has 0 saturated heterocycles. The fourth-order valence-corrected chi connectivity index (χ4v) is 2.20. The van der Waals surface area contributed by atoms with Crippen molar-refractivity contribution in [2.24, 2.45) is 0 Å². The van der Waals surface area contributed by atoms with E-state index in [0.29, 0.717) is 6.54 Å². The lowest BCUT2D eigenvalue weighted by molar-refractivity contribution is 1.21. The van der Waals surface area contributed by atoms with Crippen molar-refractivity contribution in [1.82, 2.24) is 0 Å². The van der Waals surface area contributed by atoms with E-state index in [1.54, 1.807) is 11.8 Å².